The number of hydrogen-bond donors (Lipinski definition) is 2. The molecule has 0 spiro atoms. The van der Waals surface area contributed by atoms with Crippen LogP contribution in [0.1, 0.15) is 30.4 Å². The van der Waals surface area contributed by atoms with Crippen LogP contribution in [0, 0.1) is 19.8 Å². The fraction of sp³-hybridized carbons (Fsp3) is 0.353. The molecule has 22 heavy (non-hydrogen) atoms. The highest BCUT2D eigenvalue weighted by molar-refractivity contribution is 5.92. The summed E-state index contributed by atoms with van der Waals surface area (Å²) in [7, 11) is 0. The fourth-order valence-electron chi connectivity index (χ4n) is 2.46. The summed E-state index contributed by atoms with van der Waals surface area (Å²) in [5, 5.41) is 14.2. The van der Waals surface area contributed by atoms with Crippen LogP contribution in [-0.2, 0) is 4.79 Å². The second-order valence-corrected chi connectivity index (χ2v) is 5.86. The van der Waals surface area contributed by atoms with E-state index in [0.29, 0.717) is 11.6 Å². The van der Waals surface area contributed by atoms with E-state index in [1.54, 1.807) is 6.07 Å². The van der Waals surface area contributed by atoms with E-state index in [-0.39, 0.29) is 11.8 Å². The third-order valence-corrected chi connectivity index (χ3v) is 4.04. The van der Waals surface area contributed by atoms with Crippen LogP contribution in [0.2, 0.25) is 0 Å². The Balaban J connectivity index is 1.64. The molecule has 1 aliphatic rings. The van der Waals surface area contributed by atoms with Crippen LogP contribution in [0.15, 0.2) is 30.3 Å². The maximum absolute atomic E-state index is 11.9. The topological polar surface area (TPSA) is 66.9 Å². The zero-order valence-electron chi connectivity index (χ0n) is 12.9. The summed E-state index contributed by atoms with van der Waals surface area (Å²) in [6.07, 6.45) is 3.10. The first-order chi connectivity index (χ1) is 10.6. The normalized spacial score (nSPS) is 14.3. The molecular weight excluding hydrogens is 276 g/mol. The van der Waals surface area contributed by atoms with Crippen molar-refractivity contribution in [2.24, 2.45) is 5.92 Å². The number of hydrogen-bond acceptors (Lipinski definition) is 4. The first-order valence-corrected chi connectivity index (χ1v) is 7.61. The van der Waals surface area contributed by atoms with Gasteiger partial charge in [-0.15, -0.1) is 10.2 Å². The van der Waals surface area contributed by atoms with Gasteiger partial charge in [-0.3, -0.25) is 4.79 Å². The number of carbonyl (C=O) groups is 1. The Morgan fingerprint density at radius 1 is 1.09 bits per heavy atom. The van der Waals surface area contributed by atoms with Crippen LogP contribution < -0.4 is 10.6 Å². The van der Waals surface area contributed by atoms with Gasteiger partial charge in [0.15, 0.2) is 11.6 Å². The van der Waals surface area contributed by atoms with Crippen LogP contribution in [0.5, 0.6) is 0 Å². The van der Waals surface area contributed by atoms with E-state index < -0.39 is 0 Å². The molecule has 114 valence electrons. The smallest absolute Gasteiger partial charge is 0.228 e. The Morgan fingerprint density at radius 3 is 2.41 bits per heavy atom. The summed E-state index contributed by atoms with van der Waals surface area (Å²) < 4.78 is 0. The van der Waals surface area contributed by atoms with Crippen molar-refractivity contribution in [2.75, 3.05) is 10.6 Å². The second-order valence-electron chi connectivity index (χ2n) is 5.86. The number of amides is 1. The van der Waals surface area contributed by atoms with Crippen molar-refractivity contribution in [2.45, 2.75) is 33.1 Å². The van der Waals surface area contributed by atoms with Gasteiger partial charge in [0.1, 0.15) is 0 Å². The SMILES string of the molecule is Cc1ccc(Nc2ccc(NC(=O)C3CCC3)nn2)c(C)c1. The first kappa shape index (κ1) is 14.5. The van der Waals surface area contributed by atoms with E-state index in [4.69, 9.17) is 0 Å². The molecular formula is C17H20N4O. The quantitative estimate of drug-likeness (QED) is 0.905. The van der Waals surface area contributed by atoms with Gasteiger partial charge in [0.2, 0.25) is 5.91 Å². The zero-order chi connectivity index (χ0) is 15.5. The van der Waals surface area contributed by atoms with Crippen LogP contribution in [0.25, 0.3) is 0 Å². The van der Waals surface area contributed by atoms with Gasteiger partial charge in [0, 0.05) is 11.6 Å². The average Bonchev–Trinajstić information content (AvgIpc) is 2.42. The van der Waals surface area contributed by atoms with Crippen LogP contribution in [-0.4, -0.2) is 16.1 Å². The summed E-state index contributed by atoms with van der Waals surface area (Å²) >= 11 is 0. The molecule has 5 nitrogen and oxygen atoms in total. The van der Waals surface area contributed by atoms with E-state index in [1.165, 1.54) is 5.56 Å². The highest BCUT2D eigenvalue weighted by Gasteiger charge is 2.25. The number of anilines is 3. The molecule has 1 fully saturated rings. The van der Waals surface area contributed by atoms with Crippen LogP contribution >= 0.6 is 0 Å². The molecule has 3 rings (SSSR count). The zero-order valence-corrected chi connectivity index (χ0v) is 12.9. The Labute approximate surface area is 130 Å². The predicted octanol–water partition coefficient (Wildman–Crippen LogP) is 3.58. The average molecular weight is 296 g/mol. The van der Waals surface area contributed by atoms with Gasteiger partial charge in [-0.2, -0.15) is 0 Å². The first-order valence-electron chi connectivity index (χ1n) is 7.61. The van der Waals surface area contributed by atoms with Crippen molar-refractivity contribution in [1.82, 2.24) is 10.2 Å². The van der Waals surface area contributed by atoms with Crippen LogP contribution in [0.3, 0.4) is 0 Å². The standard InChI is InChI=1S/C17H20N4O/c1-11-6-7-14(12(2)10-11)18-15-8-9-16(21-20-15)19-17(22)13-4-3-5-13/h6-10,13H,3-5H2,1-2H3,(H,18,20)(H,19,21,22). The predicted molar refractivity (Wildman–Crippen MR) is 87.2 cm³/mol. The summed E-state index contributed by atoms with van der Waals surface area (Å²) in [4.78, 5) is 11.9. The maximum Gasteiger partial charge on any atom is 0.228 e. The molecule has 0 saturated heterocycles. The number of benzene rings is 1. The van der Waals surface area contributed by atoms with E-state index in [0.717, 1.165) is 30.5 Å². The van der Waals surface area contributed by atoms with Crippen molar-refractivity contribution < 1.29 is 4.79 Å². The number of aromatic nitrogens is 2. The summed E-state index contributed by atoms with van der Waals surface area (Å²) in [5.41, 5.74) is 3.39. The van der Waals surface area contributed by atoms with Gasteiger partial charge in [-0.05, 0) is 50.5 Å². The summed E-state index contributed by atoms with van der Waals surface area (Å²) in [6, 6.07) is 9.79. The molecule has 1 aliphatic carbocycles. The molecule has 2 aromatic rings. The van der Waals surface area contributed by atoms with Gasteiger partial charge >= 0.3 is 0 Å². The number of carbonyl (C=O) groups excluding carboxylic acids is 1. The summed E-state index contributed by atoms with van der Waals surface area (Å²) in [5.74, 6) is 1.36. The molecule has 0 bridgehead atoms. The number of rotatable bonds is 4. The maximum atomic E-state index is 11.9. The van der Waals surface area contributed by atoms with Gasteiger partial charge in [-0.25, -0.2) is 0 Å². The minimum absolute atomic E-state index is 0.0515. The largest absolute Gasteiger partial charge is 0.339 e. The van der Waals surface area contributed by atoms with Crippen molar-refractivity contribution >= 4 is 23.2 Å². The Hall–Kier alpha value is -2.43. The highest BCUT2D eigenvalue weighted by Crippen LogP contribution is 2.27. The number of nitrogens with one attached hydrogen (secondary N) is 2. The van der Waals surface area contributed by atoms with E-state index in [1.807, 2.05) is 12.1 Å². The molecule has 1 aromatic carbocycles. The molecule has 1 saturated carbocycles. The lowest BCUT2D eigenvalue weighted by Crippen LogP contribution is -2.28. The second kappa shape index (κ2) is 6.13. The minimum Gasteiger partial charge on any atom is -0.339 e. The third-order valence-electron chi connectivity index (χ3n) is 4.04. The van der Waals surface area contributed by atoms with E-state index >= 15 is 0 Å². The van der Waals surface area contributed by atoms with E-state index in [2.05, 4.69) is 46.8 Å². The molecule has 1 aromatic heterocycles. The minimum atomic E-state index is 0.0515. The molecule has 0 unspecified atom stereocenters. The lowest BCUT2D eigenvalue weighted by Gasteiger charge is -2.23. The molecule has 0 atom stereocenters. The lowest BCUT2D eigenvalue weighted by atomic mass is 9.85. The van der Waals surface area contributed by atoms with Crippen molar-refractivity contribution in [1.29, 1.82) is 0 Å². The Kier molecular flexibility index (Phi) is 4.04. The fourth-order valence-corrected chi connectivity index (χ4v) is 2.46. The molecule has 5 heteroatoms. The number of nitrogens with zero attached hydrogens (tertiary/aromatic N) is 2. The van der Waals surface area contributed by atoms with Gasteiger partial charge in [0.05, 0.1) is 0 Å². The highest BCUT2D eigenvalue weighted by atomic mass is 16.2. The van der Waals surface area contributed by atoms with Crippen molar-refractivity contribution in [3.05, 3.63) is 41.5 Å². The molecule has 0 radical (unpaired) electrons. The Morgan fingerprint density at radius 2 is 1.82 bits per heavy atom. The van der Waals surface area contributed by atoms with Gasteiger partial charge in [-0.1, -0.05) is 24.1 Å². The molecule has 0 aliphatic heterocycles. The van der Waals surface area contributed by atoms with E-state index in [9.17, 15) is 4.79 Å². The van der Waals surface area contributed by atoms with Gasteiger partial charge < -0.3 is 10.6 Å². The Bertz CT molecular complexity index is 678. The third kappa shape index (κ3) is 3.24. The van der Waals surface area contributed by atoms with Crippen LogP contribution in [0.4, 0.5) is 17.3 Å². The lowest BCUT2D eigenvalue weighted by molar-refractivity contribution is -0.122. The number of aryl methyl sites for hydroxylation is 2. The molecule has 1 heterocycles. The summed E-state index contributed by atoms with van der Waals surface area (Å²) in [6.45, 7) is 4.12. The van der Waals surface area contributed by atoms with Gasteiger partial charge in [0.25, 0.3) is 0 Å². The molecule has 2 N–H and O–H groups in total. The molecule has 1 amide bonds. The van der Waals surface area contributed by atoms with Crippen molar-refractivity contribution in [3.8, 4) is 0 Å². The monoisotopic (exact) mass is 296 g/mol. The van der Waals surface area contributed by atoms with Crippen molar-refractivity contribution in [3.63, 3.8) is 0 Å².